The van der Waals surface area contributed by atoms with Crippen molar-refractivity contribution in [1.82, 2.24) is 0 Å². The van der Waals surface area contributed by atoms with Crippen LogP contribution in [-0.2, 0) is 0 Å². The number of benzene rings is 2. The van der Waals surface area contributed by atoms with Crippen LogP contribution in [0, 0.1) is 13.8 Å². The van der Waals surface area contributed by atoms with Crippen molar-refractivity contribution in [2.24, 2.45) is 0 Å². The second-order valence-corrected chi connectivity index (χ2v) is 6.44. The third kappa shape index (κ3) is 5.06. The summed E-state index contributed by atoms with van der Waals surface area (Å²) in [6.45, 7) is 11.3. The normalized spacial score (nSPS) is 10.3. The fourth-order valence-corrected chi connectivity index (χ4v) is 2.49. The second-order valence-electron chi connectivity index (χ2n) is 6.44. The van der Waals surface area contributed by atoms with Crippen LogP contribution in [0.25, 0.3) is 0 Å². The Morgan fingerprint density at radius 3 is 1.54 bits per heavy atom. The number of hydrogen-bond donors (Lipinski definition) is 0. The van der Waals surface area contributed by atoms with Gasteiger partial charge in [-0.1, -0.05) is 29.8 Å². The van der Waals surface area contributed by atoms with E-state index in [1.807, 2.05) is 38.1 Å². The Labute approximate surface area is 154 Å². The SMILES string of the molecule is C=C(COc1ccc(C)cc1C(C)=O)COc1ccc(C)cc1C(C)=O. The molecule has 0 aliphatic rings. The zero-order valence-corrected chi connectivity index (χ0v) is 15.7. The highest BCUT2D eigenvalue weighted by Crippen LogP contribution is 2.23. The molecular formula is C22H24O4. The molecule has 0 fully saturated rings. The largest absolute Gasteiger partial charge is 0.488 e. The predicted octanol–water partition coefficient (Wildman–Crippen LogP) is 4.72. The quantitative estimate of drug-likeness (QED) is 0.509. The monoisotopic (exact) mass is 352 g/mol. The number of carbonyl (C=O) groups is 2. The van der Waals surface area contributed by atoms with Crippen LogP contribution in [0.5, 0.6) is 11.5 Å². The zero-order valence-electron chi connectivity index (χ0n) is 15.7. The Bertz CT molecular complexity index is 780. The third-order valence-corrected chi connectivity index (χ3v) is 3.89. The molecule has 0 bridgehead atoms. The van der Waals surface area contributed by atoms with Crippen molar-refractivity contribution in [2.75, 3.05) is 13.2 Å². The van der Waals surface area contributed by atoms with Gasteiger partial charge in [0.15, 0.2) is 11.6 Å². The van der Waals surface area contributed by atoms with Crippen LogP contribution in [0.1, 0.15) is 45.7 Å². The fraction of sp³-hybridized carbons (Fsp3) is 0.273. The van der Waals surface area contributed by atoms with Gasteiger partial charge in [0.2, 0.25) is 0 Å². The first-order valence-corrected chi connectivity index (χ1v) is 8.43. The zero-order chi connectivity index (χ0) is 19.3. The molecule has 0 N–H and O–H groups in total. The molecular weight excluding hydrogens is 328 g/mol. The Kier molecular flexibility index (Phi) is 6.34. The first-order chi connectivity index (χ1) is 12.3. The summed E-state index contributed by atoms with van der Waals surface area (Å²) in [5, 5.41) is 0. The summed E-state index contributed by atoms with van der Waals surface area (Å²) in [6, 6.07) is 11.0. The number of ketones is 2. The third-order valence-electron chi connectivity index (χ3n) is 3.89. The highest BCUT2D eigenvalue weighted by molar-refractivity contribution is 5.97. The van der Waals surface area contributed by atoms with Crippen molar-refractivity contribution in [3.63, 3.8) is 0 Å². The second kappa shape index (κ2) is 8.48. The van der Waals surface area contributed by atoms with E-state index in [1.165, 1.54) is 13.8 Å². The van der Waals surface area contributed by atoms with Crippen molar-refractivity contribution in [2.45, 2.75) is 27.7 Å². The van der Waals surface area contributed by atoms with Crippen LogP contribution in [0.15, 0.2) is 48.6 Å². The lowest BCUT2D eigenvalue weighted by atomic mass is 10.1. The minimum Gasteiger partial charge on any atom is -0.488 e. The Morgan fingerprint density at radius 2 is 1.19 bits per heavy atom. The van der Waals surface area contributed by atoms with E-state index in [9.17, 15) is 9.59 Å². The van der Waals surface area contributed by atoms with E-state index in [0.29, 0.717) is 28.2 Å². The number of rotatable bonds is 8. The lowest BCUT2D eigenvalue weighted by molar-refractivity contribution is 0.100. The van der Waals surface area contributed by atoms with Gasteiger partial charge in [0.1, 0.15) is 24.7 Å². The Hall–Kier alpha value is -2.88. The van der Waals surface area contributed by atoms with E-state index in [-0.39, 0.29) is 24.8 Å². The molecule has 0 radical (unpaired) electrons. The molecule has 2 rings (SSSR count). The molecule has 0 saturated carbocycles. The molecule has 2 aromatic carbocycles. The van der Waals surface area contributed by atoms with Crippen LogP contribution < -0.4 is 9.47 Å². The lowest BCUT2D eigenvalue weighted by Gasteiger charge is -2.14. The minimum absolute atomic E-state index is 0.0451. The molecule has 0 heterocycles. The molecule has 26 heavy (non-hydrogen) atoms. The smallest absolute Gasteiger partial charge is 0.163 e. The van der Waals surface area contributed by atoms with E-state index in [4.69, 9.17) is 9.47 Å². The summed E-state index contributed by atoms with van der Waals surface area (Å²) in [7, 11) is 0. The van der Waals surface area contributed by atoms with E-state index in [1.54, 1.807) is 12.1 Å². The molecule has 136 valence electrons. The summed E-state index contributed by atoms with van der Waals surface area (Å²) < 4.78 is 11.5. The van der Waals surface area contributed by atoms with Gasteiger partial charge < -0.3 is 9.47 Å². The van der Waals surface area contributed by atoms with E-state index in [2.05, 4.69) is 6.58 Å². The van der Waals surface area contributed by atoms with Gasteiger partial charge in [0.25, 0.3) is 0 Å². The number of hydrogen-bond acceptors (Lipinski definition) is 4. The topological polar surface area (TPSA) is 52.6 Å². The maximum Gasteiger partial charge on any atom is 0.163 e. The van der Waals surface area contributed by atoms with Gasteiger partial charge in [-0.3, -0.25) is 9.59 Å². The highest BCUT2D eigenvalue weighted by atomic mass is 16.5. The van der Waals surface area contributed by atoms with Crippen molar-refractivity contribution in [1.29, 1.82) is 0 Å². The van der Waals surface area contributed by atoms with Crippen LogP contribution in [0.4, 0.5) is 0 Å². The summed E-state index contributed by atoms with van der Waals surface area (Å²) in [4.78, 5) is 23.5. The predicted molar refractivity (Wildman–Crippen MR) is 102 cm³/mol. The molecule has 0 saturated heterocycles. The number of Topliss-reactive ketones (excluding diaryl/α,β-unsaturated/α-hetero) is 2. The number of carbonyl (C=O) groups excluding carboxylic acids is 2. The maximum atomic E-state index is 11.7. The summed E-state index contributed by atoms with van der Waals surface area (Å²) >= 11 is 0. The minimum atomic E-state index is -0.0451. The van der Waals surface area contributed by atoms with Gasteiger partial charge in [0, 0.05) is 0 Å². The number of ether oxygens (including phenoxy) is 2. The maximum absolute atomic E-state index is 11.7. The molecule has 0 spiro atoms. The first-order valence-electron chi connectivity index (χ1n) is 8.43. The molecule has 0 unspecified atom stereocenters. The Morgan fingerprint density at radius 1 is 0.808 bits per heavy atom. The average Bonchev–Trinajstić information content (AvgIpc) is 2.59. The van der Waals surface area contributed by atoms with Gasteiger partial charge in [-0.2, -0.15) is 0 Å². The van der Waals surface area contributed by atoms with E-state index in [0.717, 1.165) is 11.1 Å². The van der Waals surface area contributed by atoms with Crippen LogP contribution in [-0.4, -0.2) is 24.8 Å². The van der Waals surface area contributed by atoms with Crippen LogP contribution >= 0.6 is 0 Å². The van der Waals surface area contributed by atoms with Crippen LogP contribution in [0.2, 0.25) is 0 Å². The molecule has 4 heteroatoms. The molecule has 0 amide bonds. The van der Waals surface area contributed by atoms with Gasteiger partial charge in [-0.05, 0) is 57.5 Å². The molecule has 0 atom stereocenters. The molecule has 2 aromatic rings. The van der Waals surface area contributed by atoms with Crippen molar-refractivity contribution >= 4 is 11.6 Å². The Balaban J connectivity index is 1.99. The van der Waals surface area contributed by atoms with Gasteiger partial charge in [0.05, 0.1) is 11.1 Å². The lowest BCUT2D eigenvalue weighted by Crippen LogP contribution is -2.11. The van der Waals surface area contributed by atoms with Gasteiger partial charge in [-0.25, -0.2) is 0 Å². The van der Waals surface area contributed by atoms with Crippen molar-refractivity contribution < 1.29 is 19.1 Å². The molecule has 4 nitrogen and oxygen atoms in total. The first kappa shape index (κ1) is 19.4. The fourth-order valence-electron chi connectivity index (χ4n) is 2.49. The summed E-state index contributed by atoms with van der Waals surface area (Å²) in [5.74, 6) is 0.973. The molecule has 0 aliphatic heterocycles. The van der Waals surface area contributed by atoms with Gasteiger partial charge >= 0.3 is 0 Å². The highest BCUT2D eigenvalue weighted by Gasteiger charge is 2.11. The van der Waals surface area contributed by atoms with E-state index >= 15 is 0 Å². The number of aryl methyl sites for hydroxylation is 2. The van der Waals surface area contributed by atoms with Crippen LogP contribution in [0.3, 0.4) is 0 Å². The molecule has 0 aliphatic carbocycles. The van der Waals surface area contributed by atoms with E-state index < -0.39 is 0 Å². The van der Waals surface area contributed by atoms with Crippen molar-refractivity contribution in [3.05, 3.63) is 70.8 Å². The summed E-state index contributed by atoms with van der Waals surface area (Å²) in [5.41, 5.74) is 3.81. The molecule has 0 aromatic heterocycles. The summed E-state index contributed by atoms with van der Waals surface area (Å²) in [6.07, 6.45) is 0. The standard InChI is InChI=1S/C22H24O4/c1-14-6-8-21(19(10-14)17(4)23)25-12-16(3)13-26-22-9-7-15(2)11-20(22)18(5)24/h6-11H,3,12-13H2,1-2,4-5H3. The van der Waals surface area contributed by atoms with Crippen molar-refractivity contribution in [3.8, 4) is 11.5 Å². The van der Waals surface area contributed by atoms with Gasteiger partial charge in [-0.15, -0.1) is 0 Å². The average molecular weight is 352 g/mol.